The highest BCUT2D eigenvalue weighted by molar-refractivity contribution is 6.76. The molecule has 0 heterocycles. The molecular formula is C10H25NSi. The lowest BCUT2D eigenvalue weighted by atomic mass is 9.96. The van der Waals surface area contributed by atoms with Crippen LogP contribution in [0, 0.1) is 5.41 Å². The lowest BCUT2D eigenvalue weighted by Gasteiger charge is -2.33. The van der Waals surface area contributed by atoms with Gasteiger partial charge in [-0.15, -0.1) is 0 Å². The fourth-order valence-corrected chi connectivity index (χ4v) is 5.33. The fourth-order valence-electron chi connectivity index (χ4n) is 2.35. The summed E-state index contributed by atoms with van der Waals surface area (Å²) in [4.78, 5) is 2.29. The second-order valence-corrected chi connectivity index (χ2v) is 11.6. The summed E-state index contributed by atoms with van der Waals surface area (Å²) in [6, 6.07) is 1.41. The second-order valence-electron chi connectivity index (χ2n) is 6.14. The van der Waals surface area contributed by atoms with Crippen molar-refractivity contribution in [2.45, 2.75) is 39.5 Å². The first kappa shape index (κ1) is 12.2. The summed E-state index contributed by atoms with van der Waals surface area (Å²) in [5, 5.41) is 0. The average Bonchev–Trinajstić information content (AvgIpc) is 1.48. The topological polar surface area (TPSA) is 3.24 Å². The van der Waals surface area contributed by atoms with Crippen LogP contribution in [0.25, 0.3) is 0 Å². The van der Waals surface area contributed by atoms with E-state index in [2.05, 4.69) is 52.5 Å². The van der Waals surface area contributed by atoms with Crippen LogP contribution in [-0.4, -0.2) is 33.6 Å². The second kappa shape index (κ2) is 3.92. The molecule has 0 fully saturated rings. The molecule has 0 radical (unpaired) electrons. The SMILES string of the molecule is CN(C)CC(C)(C)C[Si](C)(C)C. The van der Waals surface area contributed by atoms with Crippen molar-refractivity contribution in [2.24, 2.45) is 5.41 Å². The molecule has 12 heavy (non-hydrogen) atoms. The Bertz CT molecular complexity index is 133. The van der Waals surface area contributed by atoms with Crippen LogP contribution in [0.4, 0.5) is 0 Å². The van der Waals surface area contributed by atoms with Gasteiger partial charge < -0.3 is 4.90 Å². The predicted molar refractivity (Wildman–Crippen MR) is 60.5 cm³/mol. The molecule has 0 amide bonds. The van der Waals surface area contributed by atoms with Crippen LogP contribution in [0.3, 0.4) is 0 Å². The van der Waals surface area contributed by atoms with E-state index in [4.69, 9.17) is 0 Å². The molecule has 0 aliphatic carbocycles. The molecule has 0 rings (SSSR count). The first-order valence-electron chi connectivity index (χ1n) is 4.77. The third kappa shape index (κ3) is 6.86. The van der Waals surface area contributed by atoms with Crippen LogP contribution in [0.15, 0.2) is 0 Å². The van der Waals surface area contributed by atoms with Gasteiger partial charge in [0, 0.05) is 14.6 Å². The molecule has 0 bridgehead atoms. The van der Waals surface area contributed by atoms with E-state index in [0.29, 0.717) is 5.41 Å². The summed E-state index contributed by atoms with van der Waals surface area (Å²) in [5.41, 5.74) is 0.494. The molecule has 0 unspecified atom stereocenters. The van der Waals surface area contributed by atoms with Gasteiger partial charge in [-0.1, -0.05) is 39.5 Å². The van der Waals surface area contributed by atoms with E-state index >= 15 is 0 Å². The van der Waals surface area contributed by atoms with Crippen molar-refractivity contribution in [2.75, 3.05) is 20.6 Å². The number of rotatable bonds is 4. The number of nitrogens with zero attached hydrogens (tertiary/aromatic N) is 1. The maximum atomic E-state index is 2.45. The monoisotopic (exact) mass is 187 g/mol. The van der Waals surface area contributed by atoms with E-state index in [-0.39, 0.29) is 0 Å². The molecule has 1 nitrogen and oxygen atoms in total. The average molecular weight is 187 g/mol. The zero-order chi connectivity index (χ0) is 9.99. The van der Waals surface area contributed by atoms with Gasteiger partial charge >= 0.3 is 0 Å². The van der Waals surface area contributed by atoms with E-state index in [1.165, 1.54) is 12.6 Å². The summed E-state index contributed by atoms with van der Waals surface area (Å²) < 4.78 is 0. The lowest BCUT2D eigenvalue weighted by molar-refractivity contribution is 0.261. The van der Waals surface area contributed by atoms with Crippen molar-refractivity contribution < 1.29 is 0 Å². The lowest BCUT2D eigenvalue weighted by Crippen LogP contribution is -2.35. The molecule has 0 aromatic carbocycles. The highest BCUT2D eigenvalue weighted by Gasteiger charge is 2.26. The van der Waals surface area contributed by atoms with Crippen LogP contribution in [-0.2, 0) is 0 Å². The van der Waals surface area contributed by atoms with Crippen LogP contribution in [0.5, 0.6) is 0 Å². The van der Waals surface area contributed by atoms with Crippen LogP contribution < -0.4 is 0 Å². The first-order chi connectivity index (χ1) is 5.12. The maximum Gasteiger partial charge on any atom is 0.0448 e. The van der Waals surface area contributed by atoms with Gasteiger partial charge in [-0.25, -0.2) is 0 Å². The normalized spacial score (nSPS) is 14.0. The van der Waals surface area contributed by atoms with Gasteiger partial charge in [0.15, 0.2) is 0 Å². The minimum atomic E-state index is -0.886. The third-order valence-electron chi connectivity index (χ3n) is 1.75. The molecular weight excluding hydrogens is 162 g/mol. The number of hydrogen-bond acceptors (Lipinski definition) is 1. The molecule has 0 saturated heterocycles. The van der Waals surface area contributed by atoms with Gasteiger partial charge in [0.25, 0.3) is 0 Å². The van der Waals surface area contributed by atoms with Crippen molar-refractivity contribution >= 4 is 8.07 Å². The van der Waals surface area contributed by atoms with Crippen LogP contribution in [0.1, 0.15) is 13.8 Å². The largest absolute Gasteiger partial charge is 0.309 e. The Hall–Kier alpha value is 0.177. The highest BCUT2D eigenvalue weighted by Crippen LogP contribution is 2.28. The van der Waals surface area contributed by atoms with Gasteiger partial charge in [0.05, 0.1) is 0 Å². The van der Waals surface area contributed by atoms with Gasteiger partial charge in [0.2, 0.25) is 0 Å². The Morgan fingerprint density at radius 2 is 1.50 bits per heavy atom. The third-order valence-corrected chi connectivity index (χ3v) is 3.77. The molecule has 0 aromatic rings. The molecule has 0 atom stereocenters. The summed E-state index contributed by atoms with van der Waals surface area (Å²) in [7, 11) is 3.43. The summed E-state index contributed by atoms with van der Waals surface area (Å²) in [5.74, 6) is 0. The van der Waals surface area contributed by atoms with E-state index < -0.39 is 8.07 Å². The van der Waals surface area contributed by atoms with Crippen LogP contribution >= 0.6 is 0 Å². The van der Waals surface area contributed by atoms with Gasteiger partial charge in [-0.2, -0.15) is 0 Å². The zero-order valence-electron chi connectivity index (χ0n) is 9.86. The Balaban J connectivity index is 4.04. The van der Waals surface area contributed by atoms with E-state index in [1.54, 1.807) is 0 Å². The first-order valence-corrected chi connectivity index (χ1v) is 8.48. The predicted octanol–water partition coefficient (Wildman–Crippen LogP) is 2.91. The van der Waals surface area contributed by atoms with Gasteiger partial charge in [0.1, 0.15) is 0 Å². The van der Waals surface area contributed by atoms with E-state index in [0.717, 1.165) is 0 Å². The number of hydrogen-bond donors (Lipinski definition) is 0. The Labute approximate surface area is 79.2 Å². The Morgan fingerprint density at radius 3 is 1.75 bits per heavy atom. The van der Waals surface area contributed by atoms with Crippen molar-refractivity contribution in [3.8, 4) is 0 Å². The smallest absolute Gasteiger partial charge is 0.0448 e. The zero-order valence-corrected chi connectivity index (χ0v) is 10.9. The standard InChI is InChI=1S/C10H25NSi/c1-10(2,8-11(3)4)9-12(5,6)7/h8-9H2,1-7H3. The van der Waals surface area contributed by atoms with Crippen LogP contribution in [0.2, 0.25) is 25.7 Å². The Morgan fingerprint density at radius 1 is 1.08 bits per heavy atom. The summed E-state index contributed by atoms with van der Waals surface area (Å²) in [6.45, 7) is 13.3. The highest BCUT2D eigenvalue weighted by atomic mass is 28.3. The van der Waals surface area contributed by atoms with Gasteiger partial charge in [-0.3, -0.25) is 0 Å². The Kier molecular flexibility index (Phi) is 3.98. The molecule has 0 N–H and O–H groups in total. The van der Waals surface area contributed by atoms with Gasteiger partial charge in [-0.05, 0) is 19.5 Å². The maximum absolute atomic E-state index is 2.45. The van der Waals surface area contributed by atoms with Crippen molar-refractivity contribution in [1.82, 2.24) is 4.90 Å². The minimum Gasteiger partial charge on any atom is -0.309 e. The molecule has 0 aliphatic rings. The molecule has 0 aromatic heterocycles. The summed E-state index contributed by atoms with van der Waals surface area (Å²) in [6.07, 6.45) is 0. The molecule has 0 saturated carbocycles. The van der Waals surface area contributed by atoms with E-state index in [1.807, 2.05) is 0 Å². The molecule has 0 spiro atoms. The molecule has 74 valence electrons. The van der Waals surface area contributed by atoms with E-state index in [9.17, 15) is 0 Å². The quantitative estimate of drug-likeness (QED) is 0.612. The fraction of sp³-hybridized carbons (Fsp3) is 1.00. The summed E-state index contributed by atoms with van der Waals surface area (Å²) >= 11 is 0. The van der Waals surface area contributed by atoms with Crippen molar-refractivity contribution in [1.29, 1.82) is 0 Å². The van der Waals surface area contributed by atoms with Crippen molar-refractivity contribution in [3.05, 3.63) is 0 Å². The van der Waals surface area contributed by atoms with Crippen molar-refractivity contribution in [3.63, 3.8) is 0 Å². The molecule has 2 heteroatoms. The minimum absolute atomic E-state index is 0.494. The molecule has 0 aliphatic heterocycles.